The molecule has 1 aromatic heterocycles. The number of carbonyl (C=O) groups excluding carboxylic acids is 2. The Kier molecular flexibility index (Phi) is 6.82. The lowest BCUT2D eigenvalue weighted by Gasteiger charge is -2.25. The van der Waals surface area contributed by atoms with Crippen LogP contribution in [0.2, 0.25) is 10.0 Å². The number of primary amides is 1. The van der Waals surface area contributed by atoms with E-state index in [2.05, 4.69) is 4.98 Å². The van der Waals surface area contributed by atoms with Gasteiger partial charge in [0.15, 0.2) is 0 Å². The average Bonchev–Trinajstić information content (AvgIpc) is 2.84. The minimum absolute atomic E-state index is 0.117. The van der Waals surface area contributed by atoms with Crippen molar-refractivity contribution in [2.75, 3.05) is 10.6 Å². The van der Waals surface area contributed by atoms with Gasteiger partial charge >= 0.3 is 0 Å². The third-order valence-corrected chi connectivity index (χ3v) is 5.96. The number of nitrogen functional groups attached to an aromatic ring is 1. The SMILES string of the molecule is NC(=O)c1ccc(C(=O)N(Cc2ccccc2N)c2ccc(Cl)c(-c3ccccn3)c2)c(Cl)c1. The van der Waals surface area contributed by atoms with E-state index in [-0.39, 0.29) is 28.6 Å². The van der Waals surface area contributed by atoms with Crippen LogP contribution in [0.4, 0.5) is 11.4 Å². The molecule has 0 aliphatic carbocycles. The van der Waals surface area contributed by atoms with Gasteiger partial charge in [0.1, 0.15) is 0 Å². The van der Waals surface area contributed by atoms with Gasteiger partial charge in [-0.15, -0.1) is 0 Å². The van der Waals surface area contributed by atoms with E-state index in [0.717, 1.165) is 5.56 Å². The molecule has 6 nitrogen and oxygen atoms in total. The molecule has 0 saturated heterocycles. The minimum atomic E-state index is -0.632. The van der Waals surface area contributed by atoms with Crippen LogP contribution in [0.15, 0.2) is 85.1 Å². The van der Waals surface area contributed by atoms with Crippen molar-refractivity contribution in [3.63, 3.8) is 0 Å². The summed E-state index contributed by atoms with van der Waals surface area (Å²) < 4.78 is 0. The van der Waals surface area contributed by atoms with E-state index >= 15 is 0 Å². The van der Waals surface area contributed by atoms with E-state index in [9.17, 15) is 9.59 Å². The van der Waals surface area contributed by atoms with Crippen LogP contribution in [-0.4, -0.2) is 16.8 Å². The predicted molar refractivity (Wildman–Crippen MR) is 136 cm³/mol. The zero-order valence-electron chi connectivity index (χ0n) is 17.9. The molecule has 0 atom stereocenters. The number of pyridine rings is 1. The number of hydrogen-bond donors (Lipinski definition) is 2. The topological polar surface area (TPSA) is 102 Å². The highest BCUT2D eigenvalue weighted by Gasteiger charge is 2.23. The number of benzene rings is 3. The zero-order valence-corrected chi connectivity index (χ0v) is 19.4. The zero-order chi connectivity index (χ0) is 24.2. The second-order valence-electron chi connectivity index (χ2n) is 7.53. The lowest BCUT2D eigenvalue weighted by atomic mass is 10.1. The van der Waals surface area contributed by atoms with Crippen LogP contribution in [0.25, 0.3) is 11.3 Å². The summed E-state index contributed by atoms with van der Waals surface area (Å²) in [5.74, 6) is -1.01. The summed E-state index contributed by atoms with van der Waals surface area (Å²) in [6, 6.07) is 22.4. The van der Waals surface area contributed by atoms with E-state index < -0.39 is 5.91 Å². The highest BCUT2D eigenvalue weighted by Crippen LogP contribution is 2.33. The normalized spacial score (nSPS) is 10.6. The third kappa shape index (κ3) is 4.88. The largest absolute Gasteiger partial charge is 0.398 e. The Morgan fingerprint density at radius 1 is 0.882 bits per heavy atom. The van der Waals surface area contributed by atoms with E-state index in [4.69, 9.17) is 34.7 Å². The summed E-state index contributed by atoms with van der Waals surface area (Å²) in [6.07, 6.45) is 1.67. The maximum absolute atomic E-state index is 13.7. The Labute approximate surface area is 206 Å². The van der Waals surface area contributed by atoms with Crippen LogP contribution in [0.3, 0.4) is 0 Å². The highest BCUT2D eigenvalue weighted by molar-refractivity contribution is 6.35. The van der Waals surface area contributed by atoms with E-state index in [1.807, 2.05) is 36.4 Å². The van der Waals surface area contributed by atoms with Gasteiger partial charge in [0.2, 0.25) is 5.91 Å². The third-order valence-electron chi connectivity index (χ3n) is 5.32. The highest BCUT2D eigenvalue weighted by atomic mass is 35.5. The van der Waals surface area contributed by atoms with Gasteiger partial charge in [0.05, 0.1) is 27.8 Å². The van der Waals surface area contributed by atoms with Crippen LogP contribution in [0, 0.1) is 0 Å². The summed E-state index contributed by atoms with van der Waals surface area (Å²) in [6.45, 7) is 0.183. The molecule has 3 aromatic carbocycles. The van der Waals surface area contributed by atoms with Crippen molar-refractivity contribution in [2.45, 2.75) is 6.54 Å². The monoisotopic (exact) mass is 490 g/mol. The second kappa shape index (κ2) is 9.95. The van der Waals surface area contributed by atoms with Crippen molar-refractivity contribution in [1.29, 1.82) is 0 Å². The van der Waals surface area contributed by atoms with Gasteiger partial charge in [-0.3, -0.25) is 14.6 Å². The number of hydrogen-bond acceptors (Lipinski definition) is 4. The van der Waals surface area contributed by atoms with Crippen LogP contribution in [0.5, 0.6) is 0 Å². The van der Waals surface area contributed by atoms with Gasteiger partial charge in [-0.2, -0.15) is 0 Å². The maximum atomic E-state index is 13.7. The molecule has 0 aliphatic rings. The van der Waals surface area contributed by atoms with Gasteiger partial charge in [0.25, 0.3) is 5.91 Å². The molecule has 0 fully saturated rings. The number of nitrogens with zero attached hydrogens (tertiary/aromatic N) is 2. The van der Waals surface area contributed by atoms with Gasteiger partial charge in [-0.1, -0.05) is 47.5 Å². The number of halogens is 2. The second-order valence-corrected chi connectivity index (χ2v) is 8.34. The molecule has 34 heavy (non-hydrogen) atoms. The number of carbonyl (C=O) groups is 2. The molecule has 4 N–H and O–H groups in total. The van der Waals surface area contributed by atoms with Crippen molar-refractivity contribution in [3.8, 4) is 11.3 Å². The van der Waals surface area contributed by atoms with Crippen LogP contribution >= 0.6 is 23.2 Å². The molecule has 4 rings (SSSR count). The molecule has 0 saturated carbocycles. The summed E-state index contributed by atoms with van der Waals surface area (Å²) >= 11 is 12.8. The van der Waals surface area contributed by atoms with Gasteiger partial charge in [-0.05, 0) is 60.2 Å². The molecule has 8 heteroatoms. The Hall–Kier alpha value is -3.87. The standard InChI is InChI=1S/C26H20Cl2N4O2/c27-21-11-9-18(14-20(21)24-7-3-4-12-31-24)32(15-17-5-1-2-6-23(17)29)26(34)19-10-8-16(25(30)33)13-22(19)28/h1-14H,15,29H2,(H2,30,33). The lowest BCUT2D eigenvalue weighted by Crippen LogP contribution is -2.31. The fourth-order valence-electron chi connectivity index (χ4n) is 3.52. The fourth-order valence-corrected chi connectivity index (χ4v) is 3.99. The maximum Gasteiger partial charge on any atom is 0.260 e. The average molecular weight is 491 g/mol. The number of amides is 2. The first-order valence-corrected chi connectivity index (χ1v) is 11.1. The molecular weight excluding hydrogens is 471 g/mol. The van der Waals surface area contributed by atoms with Crippen molar-refractivity contribution in [2.24, 2.45) is 5.73 Å². The molecule has 4 aromatic rings. The first kappa shape index (κ1) is 23.3. The number of rotatable bonds is 6. The predicted octanol–water partition coefficient (Wildman–Crippen LogP) is 5.58. The van der Waals surface area contributed by atoms with Crippen molar-refractivity contribution in [3.05, 3.63) is 112 Å². The minimum Gasteiger partial charge on any atom is -0.398 e. The molecule has 2 amide bonds. The summed E-state index contributed by atoms with van der Waals surface area (Å²) in [7, 11) is 0. The first-order valence-electron chi connectivity index (χ1n) is 10.3. The van der Waals surface area contributed by atoms with E-state index in [1.54, 1.807) is 35.4 Å². The molecule has 0 bridgehead atoms. The number of para-hydroxylation sites is 1. The first-order chi connectivity index (χ1) is 16.3. The molecule has 0 aliphatic heterocycles. The van der Waals surface area contributed by atoms with Crippen molar-refractivity contribution >= 4 is 46.4 Å². The van der Waals surface area contributed by atoms with Crippen molar-refractivity contribution < 1.29 is 9.59 Å². The fraction of sp³-hybridized carbons (Fsp3) is 0.0385. The summed E-state index contributed by atoms with van der Waals surface area (Å²) in [4.78, 5) is 31.2. The Balaban J connectivity index is 1.82. The van der Waals surface area contributed by atoms with Crippen molar-refractivity contribution in [1.82, 2.24) is 4.98 Å². The Bertz CT molecular complexity index is 1380. The van der Waals surface area contributed by atoms with Crippen LogP contribution in [-0.2, 0) is 6.54 Å². The number of nitrogens with two attached hydrogens (primary N) is 2. The Morgan fingerprint density at radius 3 is 2.32 bits per heavy atom. The molecular formula is C26H20Cl2N4O2. The van der Waals surface area contributed by atoms with Gasteiger partial charge < -0.3 is 16.4 Å². The van der Waals surface area contributed by atoms with Gasteiger partial charge in [-0.25, -0.2) is 0 Å². The molecule has 170 valence electrons. The van der Waals surface area contributed by atoms with Crippen LogP contribution in [0.1, 0.15) is 26.3 Å². The summed E-state index contributed by atoms with van der Waals surface area (Å²) in [5, 5.41) is 0.615. The molecule has 1 heterocycles. The molecule has 0 unspecified atom stereocenters. The molecule has 0 spiro atoms. The van der Waals surface area contributed by atoms with Crippen LogP contribution < -0.4 is 16.4 Å². The summed E-state index contributed by atoms with van der Waals surface area (Å²) in [5.41, 5.74) is 15.2. The van der Waals surface area contributed by atoms with Gasteiger partial charge in [0, 0.05) is 28.7 Å². The number of aromatic nitrogens is 1. The lowest BCUT2D eigenvalue weighted by molar-refractivity contribution is 0.0979. The quantitative estimate of drug-likeness (QED) is 0.344. The Morgan fingerprint density at radius 2 is 1.65 bits per heavy atom. The van der Waals surface area contributed by atoms with E-state index in [1.165, 1.54) is 18.2 Å². The molecule has 0 radical (unpaired) electrons. The smallest absolute Gasteiger partial charge is 0.260 e. The number of anilines is 2. The van der Waals surface area contributed by atoms with E-state index in [0.29, 0.717) is 27.7 Å².